The van der Waals surface area contributed by atoms with Crippen molar-refractivity contribution in [3.8, 4) is 11.1 Å². The highest BCUT2D eigenvalue weighted by Crippen LogP contribution is 2.33. The fraction of sp³-hybridized carbons (Fsp3) is 0.114. The summed E-state index contributed by atoms with van der Waals surface area (Å²) in [5.74, 6) is 0. The maximum atomic E-state index is 9.37. The van der Waals surface area contributed by atoms with E-state index in [0.717, 1.165) is 52.3 Å². The van der Waals surface area contributed by atoms with Gasteiger partial charge in [0.05, 0.1) is 5.71 Å². The van der Waals surface area contributed by atoms with Crippen LogP contribution in [0.4, 0.5) is 0 Å². The predicted octanol–water partition coefficient (Wildman–Crippen LogP) is 11.8. The Bertz CT molecular complexity index is 2130. The molecule has 0 bridgehead atoms. The van der Waals surface area contributed by atoms with E-state index in [1.165, 1.54) is 45.0 Å². The standard InChI is InChI=1S/C44H37N/c1-31-12-2-3-14-33(31)27-26-32-13-8-19-36(28-32)43(30-44(45)42-25-11-18-35-16-5-7-23-40(35)42)38-21-9-20-37(29-38)41-24-10-17-34-15-4-6-22-39(34)41/h3-11,13-25,28-30,45H,2,12,26-27H2,1H3/b43-30-,45-44?. The number of nitrogens with one attached hydrogen (secondary N) is 1. The summed E-state index contributed by atoms with van der Waals surface area (Å²) in [6.45, 7) is 2.28. The van der Waals surface area contributed by atoms with E-state index < -0.39 is 0 Å². The molecule has 7 rings (SSSR count). The van der Waals surface area contributed by atoms with Crippen molar-refractivity contribution in [2.24, 2.45) is 0 Å². The molecule has 0 spiro atoms. The first-order valence-corrected chi connectivity index (χ1v) is 16.0. The Morgan fingerprint density at radius 1 is 0.667 bits per heavy atom. The maximum Gasteiger partial charge on any atom is 0.0624 e. The quantitative estimate of drug-likeness (QED) is 0.173. The Morgan fingerprint density at radius 3 is 2.16 bits per heavy atom. The third-order valence-electron chi connectivity index (χ3n) is 9.12. The third kappa shape index (κ3) is 6.08. The van der Waals surface area contributed by atoms with Crippen molar-refractivity contribution in [1.82, 2.24) is 0 Å². The molecule has 1 aliphatic rings. The molecule has 6 aromatic carbocycles. The van der Waals surface area contributed by atoms with Crippen LogP contribution < -0.4 is 0 Å². The average Bonchev–Trinajstić information content (AvgIpc) is 3.10. The van der Waals surface area contributed by atoms with Crippen LogP contribution in [0.15, 0.2) is 163 Å². The SMILES string of the molecule is CC1=C(CCc2cccc(/C(=C/C(=N)c3cccc4ccccc34)c3cccc(-c4cccc5ccccc45)c3)c2)C=CCC1. The normalized spacial score (nSPS) is 13.5. The van der Waals surface area contributed by atoms with Gasteiger partial charge in [-0.15, -0.1) is 0 Å². The molecule has 1 heteroatoms. The van der Waals surface area contributed by atoms with Gasteiger partial charge in [-0.3, -0.25) is 0 Å². The first-order valence-electron chi connectivity index (χ1n) is 16.0. The van der Waals surface area contributed by atoms with Gasteiger partial charge in [0.2, 0.25) is 0 Å². The number of allylic oxidation sites excluding steroid dienone is 5. The summed E-state index contributed by atoms with van der Waals surface area (Å²) >= 11 is 0. The zero-order valence-electron chi connectivity index (χ0n) is 25.8. The highest BCUT2D eigenvalue weighted by Gasteiger charge is 2.13. The molecule has 0 fully saturated rings. The van der Waals surface area contributed by atoms with E-state index in [9.17, 15) is 5.41 Å². The van der Waals surface area contributed by atoms with E-state index in [1.54, 1.807) is 0 Å². The summed E-state index contributed by atoms with van der Waals surface area (Å²) in [5, 5.41) is 14.1. The van der Waals surface area contributed by atoms with Gasteiger partial charge in [0.15, 0.2) is 0 Å². The number of aryl methyl sites for hydroxylation is 1. The zero-order valence-corrected chi connectivity index (χ0v) is 25.8. The lowest BCUT2D eigenvalue weighted by molar-refractivity contribution is 0.875. The minimum absolute atomic E-state index is 0.510. The highest BCUT2D eigenvalue weighted by molar-refractivity contribution is 6.18. The van der Waals surface area contributed by atoms with Crippen molar-refractivity contribution in [2.45, 2.75) is 32.6 Å². The molecule has 0 saturated carbocycles. The van der Waals surface area contributed by atoms with E-state index in [0.29, 0.717) is 5.71 Å². The van der Waals surface area contributed by atoms with Crippen molar-refractivity contribution in [2.75, 3.05) is 0 Å². The van der Waals surface area contributed by atoms with E-state index in [-0.39, 0.29) is 0 Å². The second kappa shape index (κ2) is 12.8. The second-order valence-corrected chi connectivity index (χ2v) is 12.1. The summed E-state index contributed by atoms with van der Waals surface area (Å²) < 4.78 is 0. The topological polar surface area (TPSA) is 23.9 Å². The molecule has 1 aliphatic carbocycles. The van der Waals surface area contributed by atoms with Gasteiger partial charge in [0.25, 0.3) is 0 Å². The lowest BCUT2D eigenvalue weighted by Crippen LogP contribution is -2.00. The molecule has 0 radical (unpaired) electrons. The minimum atomic E-state index is 0.510. The molecular weight excluding hydrogens is 542 g/mol. The van der Waals surface area contributed by atoms with Crippen LogP contribution in [0.1, 0.15) is 48.4 Å². The third-order valence-corrected chi connectivity index (χ3v) is 9.12. The highest BCUT2D eigenvalue weighted by atomic mass is 14.4. The van der Waals surface area contributed by atoms with Gasteiger partial charge in [-0.1, -0.05) is 145 Å². The molecule has 6 aromatic rings. The minimum Gasteiger partial charge on any atom is -0.300 e. The monoisotopic (exact) mass is 579 g/mol. The Balaban J connectivity index is 1.33. The van der Waals surface area contributed by atoms with Crippen molar-refractivity contribution in [3.05, 3.63) is 185 Å². The Hall–Kier alpha value is -5.27. The first-order chi connectivity index (χ1) is 22.1. The Kier molecular flexibility index (Phi) is 8.08. The Morgan fingerprint density at radius 2 is 1.33 bits per heavy atom. The van der Waals surface area contributed by atoms with Crippen molar-refractivity contribution in [1.29, 1.82) is 5.41 Å². The van der Waals surface area contributed by atoms with Crippen LogP contribution in [-0.2, 0) is 6.42 Å². The van der Waals surface area contributed by atoms with Crippen molar-refractivity contribution in [3.63, 3.8) is 0 Å². The number of rotatable bonds is 8. The van der Waals surface area contributed by atoms with E-state index in [2.05, 4.69) is 159 Å². The first kappa shape index (κ1) is 28.5. The van der Waals surface area contributed by atoms with E-state index in [4.69, 9.17) is 0 Å². The summed E-state index contributed by atoms with van der Waals surface area (Å²) in [7, 11) is 0. The molecule has 0 unspecified atom stereocenters. The van der Waals surface area contributed by atoms with Crippen molar-refractivity contribution < 1.29 is 0 Å². The molecule has 0 aliphatic heterocycles. The van der Waals surface area contributed by atoms with Gasteiger partial charge in [-0.25, -0.2) is 0 Å². The van der Waals surface area contributed by atoms with E-state index in [1.807, 2.05) is 0 Å². The molecule has 0 saturated heterocycles. The lowest BCUT2D eigenvalue weighted by Gasteiger charge is -2.15. The Labute approximate surface area is 266 Å². The van der Waals surface area contributed by atoms with E-state index >= 15 is 0 Å². The number of hydrogen-bond donors (Lipinski definition) is 1. The molecule has 0 heterocycles. The molecule has 218 valence electrons. The molecule has 1 nitrogen and oxygen atoms in total. The average molecular weight is 580 g/mol. The summed E-state index contributed by atoms with van der Waals surface area (Å²) in [4.78, 5) is 0. The van der Waals surface area contributed by atoms with Crippen LogP contribution in [0.5, 0.6) is 0 Å². The number of benzene rings is 6. The van der Waals surface area contributed by atoms with Crippen LogP contribution in [0, 0.1) is 5.41 Å². The molecule has 45 heavy (non-hydrogen) atoms. The number of hydrogen-bond acceptors (Lipinski definition) is 1. The fourth-order valence-electron chi connectivity index (χ4n) is 6.65. The summed E-state index contributed by atoms with van der Waals surface area (Å²) in [6.07, 6.45) is 11.1. The molecule has 0 aromatic heterocycles. The lowest BCUT2D eigenvalue weighted by atomic mass is 9.89. The molecule has 1 N–H and O–H groups in total. The van der Waals surface area contributed by atoms with Gasteiger partial charge in [0.1, 0.15) is 0 Å². The largest absolute Gasteiger partial charge is 0.300 e. The van der Waals surface area contributed by atoms with Gasteiger partial charge < -0.3 is 5.41 Å². The van der Waals surface area contributed by atoms with Gasteiger partial charge in [-0.05, 0) is 105 Å². The van der Waals surface area contributed by atoms with Crippen LogP contribution >= 0.6 is 0 Å². The van der Waals surface area contributed by atoms with Gasteiger partial charge >= 0.3 is 0 Å². The van der Waals surface area contributed by atoms with Crippen LogP contribution in [-0.4, -0.2) is 5.71 Å². The fourth-order valence-corrected chi connectivity index (χ4v) is 6.65. The molecule has 0 atom stereocenters. The van der Waals surface area contributed by atoms with Crippen LogP contribution in [0.2, 0.25) is 0 Å². The van der Waals surface area contributed by atoms with Crippen LogP contribution in [0.3, 0.4) is 0 Å². The second-order valence-electron chi connectivity index (χ2n) is 12.1. The zero-order chi connectivity index (χ0) is 30.6. The molecular formula is C44H37N. The number of fused-ring (bicyclic) bond motifs is 2. The molecule has 0 amide bonds. The summed E-state index contributed by atoms with van der Waals surface area (Å²) in [6, 6.07) is 47.4. The predicted molar refractivity (Wildman–Crippen MR) is 193 cm³/mol. The van der Waals surface area contributed by atoms with Gasteiger partial charge in [0, 0.05) is 5.56 Å². The van der Waals surface area contributed by atoms with Gasteiger partial charge in [-0.2, -0.15) is 0 Å². The summed E-state index contributed by atoms with van der Waals surface area (Å²) in [5.41, 5.74) is 11.5. The van der Waals surface area contributed by atoms with Crippen molar-refractivity contribution >= 4 is 32.8 Å². The smallest absolute Gasteiger partial charge is 0.0624 e. The maximum absolute atomic E-state index is 9.37. The van der Waals surface area contributed by atoms with Crippen LogP contribution in [0.25, 0.3) is 38.2 Å².